The molecule has 5 aromatic rings. The molecule has 0 amide bonds. The Bertz CT molecular complexity index is 1820. The van der Waals surface area contributed by atoms with Crippen LogP contribution in [0.2, 0.25) is 5.02 Å². The van der Waals surface area contributed by atoms with Gasteiger partial charge in [-0.2, -0.15) is 0 Å². The Balaban J connectivity index is 1.82. The van der Waals surface area contributed by atoms with Crippen molar-refractivity contribution in [1.29, 1.82) is 0 Å². The van der Waals surface area contributed by atoms with Crippen LogP contribution in [0.1, 0.15) is 10.4 Å². The maximum atomic E-state index is 14.4. The molecule has 0 unspecified atom stereocenters. The molecule has 40 heavy (non-hydrogen) atoms. The molecule has 0 spiro atoms. The number of carbonyl (C=O) groups is 1. The number of halogens is 2. The molecule has 1 aliphatic heterocycles. The van der Waals surface area contributed by atoms with Crippen LogP contribution in [0, 0.1) is 5.82 Å². The molecule has 0 saturated heterocycles. The summed E-state index contributed by atoms with van der Waals surface area (Å²) in [5.41, 5.74) is 0.158. The number of hydrogen-bond acceptors (Lipinski definition) is 5. The quantitative estimate of drug-likeness (QED) is 0.236. The summed E-state index contributed by atoms with van der Waals surface area (Å²) < 4.78 is 57.2. The van der Waals surface area contributed by atoms with E-state index in [-0.39, 0.29) is 21.9 Å². The van der Waals surface area contributed by atoms with Crippen molar-refractivity contribution >= 4 is 56.9 Å². The molecule has 1 aliphatic rings. The van der Waals surface area contributed by atoms with Crippen LogP contribution in [0.4, 0.5) is 4.39 Å². The number of para-hydroxylation sites is 1. The van der Waals surface area contributed by atoms with E-state index in [1.807, 2.05) is 6.07 Å². The van der Waals surface area contributed by atoms with E-state index in [2.05, 4.69) is 0 Å². The summed E-state index contributed by atoms with van der Waals surface area (Å²) in [5.74, 6) is -0.895. The predicted octanol–water partition coefficient (Wildman–Crippen LogP) is 4.98. The summed E-state index contributed by atoms with van der Waals surface area (Å²) in [6, 6.07) is 33.4. The minimum atomic E-state index is -6.49. The van der Waals surface area contributed by atoms with Gasteiger partial charge in [0.2, 0.25) is 0 Å². The maximum absolute atomic E-state index is 14.4. The number of sulfone groups is 1. The number of benzene rings is 5. The van der Waals surface area contributed by atoms with Crippen molar-refractivity contribution in [2.24, 2.45) is 0 Å². The summed E-state index contributed by atoms with van der Waals surface area (Å²) in [7, 11) is -4.04. The van der Waals surface area contributed by atoms with Crippen LogP contribution in [0.5, 0.6) is 5.75 Å². The summed E-state index contributed by atoms with van der Waals surface area (Å²) in [6.07, 6.45) is 0. The van der Waals surface area contributed by atoms with Gasteiger partial charge in [-0.1, -0.05) is 0 Å². The van der Waals surface area contributed by atoms with Crippen molar-refractivity contribution in [2.45, 2.75) is 9.79 Å². The van der Waals surface area contributed by atoms with Crippen molar-refractivity contribution in [3.05, 3.63) is 144 Å². The fourth-order valence-corrected chi connectivity index (χ4v) is 30.9. The number of hydrogen-bond donors (Lipinski definition) is 0. The molecule has 200 valence electrons. The summed E-state index contributed by atoms with van der Waals surface area (Å²) >= 11 is -0.268. The molecule has 0 fully saturated rings. The minimum absolute atomic E-state index is 0.0273. The van der Waals surface area contributed by atoms with Gasteiger partial charge in [-0.05, 0) is 0 Å². The van der Waals surface area contributed by atoms with Gasteiger partial charge >= 0.3 is 239 Å². The average molecular weight is 769 g/mol. The first kappa shape index (κ1) is 26.6. The SMILES string of the molecule is O=C([O][Bi]1([O]c2ccccc2)([c]2ccc(F)cc2)[c]2ccccc2S(=O)(=O)c2cccc[c]21)c1cccc(Cl)c1. The first-order valence-corrected chi connectivity index (χ1v) is 22.1. The van der Waals surface area contributed by atoms with E-state index >= 15 is 0 Å². The van der Waals surface area contributed by atoms with Gasteiger partial charge in [0.25, 0.3) is 0 Å². The average Bonchev–Trinajstić information content (AvgIpc) is 2.97. The topological polar surface area (TPSA) is 69.7 Å². The summed E-state index contributed by atoms with van der Waals surface area (Å²) in [6.45, 7) is 0. The molecule has 0 aliphatic carbocycles. The molecular weight excluding hydrogens is 748 g/mol. The molecule has 0 bridgehead atoms. The van der Waals surface area contributed by atoms with Crippen LogP contribution in [0.15, 0.2) is 137 Å². The van der Waals surface area contributed by atoms with Crippen molar-refractivity contribution < 1.29 is 23.2 Å². The van der Waals surface area contributed by atoms with Crippen LogP contribution < -0.4 is 12.6 Å². The molecule has 5 aromatic carbocycles. The fraction of sp³-hybridized carbons (Fsp3) is 0. The zero-order chi connectivity index (χ0) is 28.0. The molecule has 0 atom stereocenters. The Kier molecular flexibility index (Phi) is 6.53. The Morgan fingerprint density at radius 1 is 0.700 bits per heavy atom. The first-order chi connectivity index (χ1) is 19.2. The van der Waals surface area contributed by atoms with Crippen molar-refractivity contribution in [3.63, 3.8) is 0 Å². The summed E-state index contributed by atoms with van der Waals surface area (Å²) in [5, 5.41) is 0.325. The van der Waals surface area contributed by atoms with E-state index < -0.39 is 41.3 Å². The Hall–Kier alpha value is -3.58. The van der Waals surface area contributed by atoms with E-state index in [4.69, 9.17) is 17.2 Å². The Labute approximate surface area is 238 Å². The van der Waals surface area contributed by atoms with E-state index in [0.29, 0.717) is 14.0 Å². The van der Waals surface area contributed by atoms with Gasteiger partial charge in [-0.15, -0.1) is 0 Å². The van der Waals surface area contributed by atoms with Crippen LogP contribution in [0.25, 0.3) is 0 Å². The molecule has 0 N–H and O–H groups in total. The third kappa shape index (κ3) is 3.97. The summed E-state index contributed by atoms with van der Waals surface area (Å²) in [4.78, 5) is 14.1. The monoisotopic (exact) mass is 768 g/mol. The predicted molar refractivity (Wildman–Crippen MR) is 153 cm³/mol. The fourth-order valence-electron chi connectivity index (χ4n) is 5.11. The van der Waals surface area contributed by atoms with Gasteiger partial charge in [0.1, 0.15) is 0 Å². The van der Waals surface area contributed by atoms with Crippen molar-refractivity contribution in [3.8, 4) is 5.75 Å². The zero-order valence-electron chi connectivity index (χ0n) is 20.8. The van der Waals surface area contributed by atoms with Gasteiger partial charge in [0, 0.05) is 0 Å². The molecule has 6 rings (SSSR count). The molecule has 0 radical (unpaired) electrons. The number of fused-ring (bicyclic) bond motifs is 2. The van der Waals surface area contributed by atoms with Gasteiger partial charge in [-0.25, -0.2) is 0 Å². The first-order valence-electron chi connectivity index (χ1n) is 12.2. The van der Waals surface area contributed by atoms with Gasteiger partial charge < -0.3 is 0 Å². The molecule has 0 saturated carbocycles. The van der Waals surface area contributed by atoms with Crippen LogP contribution in [-0.2, 0) is 12.7 Å². The van der Waals surface area contributed by atoms with Crippen LogP contribution >= 0.6 is 11.6 Å². The Morgan fingerprint density at radius 2 is 1.27 bits per heavy atom. The second kappa shape index (κ2) is 9.81. The number of rotatable bonds is 5. The van der Waals surface area contributed by atoms with Crippen molar-refractivity contribution in [2.75, 3.05) is 0 Å². The normalized spacial score (nSPS) is 16.8. The van der Waals surface area contributed by atoms with E-state index in [1.165, 1.54) is 42.5 Å². The molecular formula is C31H21BiClFO5S. The number of carbonyl (C=O) groups excluding carboxylic acids is 1. The molecule has 0 aromatic heterocycles. The third-order valence-corrected chi connectivity index (χ3v) is 29.0. The molecule has 1 heterocycles. The molecule has 9 heteroatoms. The second-order valence-corrected chi connectivity index (χ2v) is 26.1. The zero-order valence-corrected chi connectivity index (χ0v) is 25.8. The second-order valence-electron chi connectivity index (χ2n) is 9.17. The van der Waals surface area contributed by atoms with Gasteiger partial charge in [0.05, 0.1) is 0 Å². The Morgan fingerprint density at radius 3 is 1.88 bits per heavy atom. The standard InChI is InChI=1S/C12H8O2S.C7H5ClO2.C6H4F.C6H6O.Bi/c13-15(14,11-7-3-1-4-8-11)12-9-5-2-6-10-12;8-6-3-1-2-5(4-6)7(9)10;2*7-6-4-2-1-3-5-6;/h1-7,9H;1-4H,(H,9,10);2-5H;1-5,7H;/q;;;;+2/p-2. The van der Waals surface area contributed by atoms with Gasteiger partial charge in [-0.3, -0.25) is 0 Å². The third-order valence-electron chi connectivity index (χ3n) is 6.82. The van der Waals surface area contributed by atoms with E-state index in [1.54, 1.807) is 78.9 Å². The van der Waals surface area contributed by atoms with Crippen LogP contribution in [0.3, 0.4) is 0 Å². The van der Waals surface area contributed by atoms with Crippen LogP contribution in [-0.4, -0.2) is 34.1 Å². The molecule has 5 nitrogen and oxygen atoms in total. The van der Waals surface area contributed by atoms with Crippen molar-refractivity contribution in [1.82, 2.24) is 0 Å². The van der Waals surface area contributed by atoms with E-state index in [0.717, 1.165) is 0 Å². The van der Waals surface area contributed by atoms with E-state index in [9.17, 15) is 17.6 Å². The van der Waals surface area contributed by atoms with Gasteiger partial charge in [0.15, 0.2) is 0 Å².